The second kappa shape index (κ2) is 8.71. The number of fused-ring (bicyclic) bond motifs is 1. The Bertz CT molecular complexity index is 1660. The van der Waals surface area contributed by atoms with Crippen LogP contribution in [0.2, 0.25) is 0 Å². The lowest BCUT2D eigenvalue weighted by atomic mass is 9.91. The minimum absolute atomic E-state index is 0.351. The Balaban J connectivity index is 1.57. The van der Waals surface area contributed by atoms with Crippen LogP contribution >= 0.6 is 11.3 Å². The highest BCUT2D eigenvalue weighted by Crippen LogP contribution is 2.46. The SMILES string of the molecule is O=C1NC(=O)c2c(N(c3ccccc3)c3nc4ccccc4s3)cc(N3CCCCC3)c3cccc1c23. The van der Waals surface area contributed by atoms with Gasteiger partial charge in [0.1, 0.15) is 0 Å². The molecule has 2 aliphatic rings. The lowest BCUT2D eigenvalue weighted by molar-refractivity contribution is 0.0845. The highest BCUT2D eigenvalue weighted by Gasteiger charge is 2.33. The molecule has 0 radical (unpaired) electrons. The summed E-state index contributed by atoms with van der Waals surface area (Å²) < 4.78 is 1.07. The van der Waals surface area contributed by atoms with Gasteiger partial charge in [-0.15, -0.1) is 0 Å². The Labute approximate surface area is 218 Å². The number of thiazole rings is 1. The molecule has 0 bridgehead atoms. The average molecular weight is 505 g/mol. The molecule has 0 saturated carbocycles. The van der Waals surface area contributed by atoms with Crippen molar-refractivity contribution >= 4 is 66.3 Å². The Morgan fingerprint density at radius 3 is 2.43 bits per heavy atom. The largest absolute Gasteiger partial charge is 0.371 e. The summed E-state index contributed by atoms with van der Waals surface area (Å²) in [6.45, 7) is 1.90. The van der Waals surface area contributed by atoms with Crippen molar-refractivity contribution in [2.24, 2.45) is 0 Å². The number of hydrogen-bond acceptors (Lipinski definition) is 6. The van der Waals surface area contributed by atoms with Gasteiger partial charge in [0.15, 0.2) is 5.13 Å². The zero-order chi connectivity index (χ0) is 24.9. The second-order valence-corrected chi connectivity index (χ2v) is 10.5. The summed E-state index contributed by atoms with van der Waals surface area (Å²) >= 11 is 1.59. The van der Waals surface area contributed by atoms with E-state index in [0.29, 0.717) is 11.1 Å². The van der Waals surface area contributed by atoms with Gasteiger partial charge in [0, 0.05) is 40.8 Å². The standard InChI is InChI=1S/C30H24N4O2S/c35-28-21-13-9-12-20-23(33-16-7-2-8-17-33)18-24(27(26(20)21)29(36)32-28)34(19-10-3-1-4-11-19)30-31-22-14-5-6-15-25(22)37-30/h1,3-6,9-15,18H,2,7-8,16-17H2,(H,32,35,36). The number of rotatable bonds is 4. The summed E-state index contributed by atoms with van der Waals surface area (Å²) in [5.41, 5.74) is 4.65. The van der Waals surface area contributed by atoms with Gasteiger partial charge in [-0.25, -0.2) is 4.98 Å². The Hall–Kier alpha value is -4.23. The Morgan fingerprint density at radius 1 is 0.838 bits per heavy atom. The normalized spacial score (nSPS) is 15.3. The number of para-hydroxylation sites is 2. The van der Waals surface area contributed by atoms with Gasteiger partial charge in [0.2, 0.25) is 0 Å². The molecule has 0 atom stereocenters. The highest BCUT2D eigenvalue weighted by atomic mass is 32.1. The van der Waals surface area contributed by atoms with Crippen LogP contribution in [0.4, 0.5) is 22.2 Å². The smallest absolute Gasteiger partial charge is 0.260 e. The summed E-state index contributed by atoms with van der Waals surface area (Å²) in [5, 5.41) is 5.02. The maximum absolute atomic E-state index is 13.5. The molecule has 1 fully saturated rings. The van der Waals surface area contributed by atoms with E-state index in [0.717, 1.165) is 69.1 Å². The lowest BCUT2D eigenvalue weighted by Gasteiger charge is -2.34. The fourth-order valence-corrected chi connectivity index (χ4v) is 6.55. The number of benzene rings is 4. The van der Waals surface area contributed by atoms with Gasteiger partial charge < -0.3 is 4.90 Å². The molecule has 5 aromatic rings. The van der Waals surface area contributed by atoms with Crippen LogP contribution in [0.5, 0.6) is 0 Å². The zero-order valence-electron chi connectivity index (χ0n) is 20.1. The predicted molar refractivity (Wildman–Crippen MR) is 150 cm³/mol. The number of hydrogen-bond donors (Lipinski definition) is 1. The fraction of sp³-hybridized carbons (Fsp3) is 0.167. The topological polar surface area (TPSA) is 65.5 Å². The highest BCUT2D eigenvalue weighted by molar-refractivity contribution is 7.22. The summed E-state index contributed by atoms with van der Waals surface area (Å²) in [6.07, 6.45) is 3.46. The van der Waals surface area contributed by atoms with Crippen LogP contribution in [0.25, 0.3) is 21.0 Å². The molecule has 1 aromatic heterocycles. The molecule has 1 N–H and O–H groups in total. The van der Waals surface area contributed by atoms with Crippen molar-refractivity contribution < 1.29 is 9.59 Å². The number of piperidine rings is 1. The van der Waals surface area contributed by atoms with Gasteiger partial charge >= 0.3 is 0 Å². The molecule has 2 amide bonds. The third-order valence-electron chi connectivity index (χ3n) is 7.24. The van der Waals surface area contributed by atoms with E-state index in [9.17, 15) is 9.59 Å². The summed E-state index contributed by atoms with van der Waals surface area (Å²) in [5.74, 6) is -0.730. The molecule has 6 nitrogen and oxygen atoms in total. The van der Waals surface area contributed by atoms with Crippen LogP contribution in [0.1, 0.15) is 40.0 Å². The fourth-order valence-electron chi connectivity index (χ4n) is 5.55. The van der Waals surface area contributed by atoms with Gasteiger partial charge in [0.25, 0.3) is 11.8 Å². The third-order valence-corrected chi connectivity index (χ3v) is 8.27. The Kier molecular flexibility index (Phi) is 5.18. The van der Waals surface area contributed by atoms with E-state index in [1.54, 1.807) is 11.3 Å². The van der Waals surface area contributed by atoms with Crippen LogP contribution < -0.4 is 15.1 Å². The molecule has 0 aliphatic carbocycles. The van der Waals surface area contributed by atoms with Crippen molar-refractivity contribution in [3.05, 3.63) is 90.0 Å². The van der Waals surface area contributed by atoms with Gasteiger partial charge in [-0.3, -0.25) is 19.8 Å². The first-order valence-electron chi connectivity index (χ1n) is 12.6. The monoisotopic (exact) mass is 504 g/mol. The van der Waals surface area contributed by atoms with Crippen molar-refractivity contribution in [1.82, 2.24) is 10.3 Å². The van der Waals surface area contributed by atoms with Crippen molar-refractivity contribution in [1.29, 1.82) is 0 Å². The van der Waals surface area contributed by atoms with E-state index >= 15 is 0 Å². The third kappa shape index (κ3) is 3.57. The predicted octanol–water partition coefficient (Wildman–Crippen LogP) is 6.79. The van der Waals surface area contributed by atoms with Crippen LogP contribution in [0.15, 0.2) is 78.9 Å². The van der Waals surface area contributed by atoms with Crippen molar-refractivity contribution in [2.75, 3.05) is 22.9 Å². The summed E-state index contributed by atoms with van der Waals surface area (Å²) in [6, 6.07) is 26.0. The van der Waals surface area contributed by atoms with Gasteiger partial charge in [-0.2, -0.15) is 0 Å². The summed E-state index contributed by atoms with van der Waals surface area (Å²) in [4.78, 5) is 35.9. The van der Waals surface area contributed by atoms with Crippen LogP contribution in [-0.4, -0.2) is 29.9 Å². The van der Waals surface area contributed by atoms with Crippen LogP contribution in [0.3, 0.4) is 0 Å². The number of carbonyl (C=O) groups is 2. The first-order valence-corrected chi connectivity index (χ1v) is 13.4. The molecule has 3 heterocycles. The van der Waals surface area contributed by atoms with Crippen molar-refractivity contribution in [2.45, 2.75) is 19.3 Å². The molecule has 37 heavy (non-hydrogen) atoms. The summed E-state index contributed by atoms with van der Waals surface area (Å²) in [7, 11) is 0. The molecule has 7 heteroatoms. The van der Waals surface area contributed by atoms with E-state index in [-0.39, 0.29) is 11.8 Å². The number of nitrogens with zero attached hydrogens (tertiary/aromatic N) is 3. The van der Waals surface area contributed by atoms with Gasteiger partial charge in [-0.1, -0.05) is 53.8 Å². The quantitative estimate of drug-likeness (QED) is 0.273. The van der Waals surface area contributed by atoms with Crippen LogP contribution in [0, 0.1) is 0 Å². The second-order valence-electron chi connectivity index (χ2n) is 9.48. The number of carbonyl (C=O) groups excluding carboxylic acids is 2. The van der Waals surface area contributed by atoms with Gasteiger partial charge in [0.05, 0.1) is 21.5 Å². The van der Waals surface area contributed by atoms with E-state index < -0.39 is 0 Å². The van der Waals surface area contributed by atoms with Crippen molar-refractivity contribution in [3.63, 3.8) is 0 Å². The van der Waals surface area contributed by atoms with Crippen LogP contribution in [-0.2, 0) is 0 Å². The number of aromatic nitrogens is 1. The van der Waals surface area contributed by atoms with E-state index in [2.05, 4.69) is 27.2 Å². The lowest BCUT2D eigenvalue weighted by Crippen LogP contribution is -2.36. The molecule has 0 unspecified atom stereocenters. The minimum atomic E-state index is -0.379. The number of imide groups is 1. The molecular formula is C30H24N4O2S. The maximum Gasteiger partial charge on any atom is 0.260 e. The zero-order valence-corrected chi connectivity index (χ0v) is 20.9. The molecule has 4 aromatic carbocycles. The number of nitrogens with one attached hydrogen (secondary N) is 1. The molecule has 2 aliphatic heterocycles. The van der Waals surface area contributed by atoms with E-state index in [1.807, 2.05) is 66.7 Å². The van der Waals surface area contributed by atoms with E-state index in [4.69, 9.17) is 4.98 Å². The maximum atomic E-state index is 13.5. The molecule has 7 rings (SSSR count). The number of amides is 2. The molecule has 0 spiro atoms. The average Bonchev–Trinajstić information content (AvgIpc) is 3.36. The van der Waals surface area contributed by atoms with Crippen molar-refractivity contribution in [3.8, 4) is 0 Å². The number of anilines is 4. The first kappa shape index (κ1) is 22.0. The molecule has 182 valence electrons. The van der Waals surface area contributed by atoms with E-state index in [1.165, 1.54) is 6.42 Å². The molecular weight excluding hydrogens is 480 g/mol. The molecule has 1 saturated heterocycles. The minimum Gasteiger partial charge on any atom is -0.371 e. The first-order chi connectivity index (χ1) is 18.2. The Morgan fingerprint density at radius 2 is 1.62 bits per heavy atom. The van der Waals surface area contributed by atoms with Gasteiger partial charge in [-0.05, 0) is 55.7 Å².